The number of carboxylic acid groups (broad SMARTS) is 1. The van der Waals surface area contributed by atoms with E-state index < -0.39 is 12.1 Å². The number of nitrogens with zero attached hydrogens (tertiary/aromatic N) is 1. The smallest absolute Gasteiger partial charge is 0.405 e. The van der Waals surface area contributed by atoms with Gasteiger partial charge in [-0.3, -0.25) is 4.79 Å². The van der Waals surface area contributed by atoms with E-state index in [4.69, 9.17) is 16.7 Å². The van der Waals surface area contributed by atoms with Crippen molar-refractivity contribution in [1.82, 2.24) is 15.5 Å². The van der Waals surface area contributed by atoms with E-state index in [-0.39, 0.29) is 5.91 Å². The Kier molecular flexibility index (Phi) is 6.96. The van der Waals surface area contributed by atoms with Crippen molar-refractivity contribution in [2.24, 2.45) is 0 Å². The molecule has 0 radical (unpaired) electrons. The molecule has 1 aliphatic carbocycles. The van der Waals surface area contributed by atoms with Crippen LogP contribution in [-0.4, -0.2) is 53.2 Å². The molecular weight excluding hydrogens is 366 g/mol. The second-order valence-electron chi connectivity index (χ2n) is 7.60. The lowest BCUT2D eigenvalue weighted by atomic mass is 9.95. The van der Waals surface area contributed by atoms with Gasteiger partial charge in [-0.05, 0) is 37.0 Å². The lowest BCUT2D eigenvalue weighted by molar-refractivity contribution is -0.132. The number of rotatable bonds is 6. The molecule has 0 bridgehead atoms. The zero-order valence-electron chi connectivity index (χ0n) is 15.5. The molecule has 7 heteroatoms. The second-order valence-corrected chi connectivity index (χ2v) is 8.04. The Morgan fingerprint density at radius 3 is 2.48 bits per heavy atom. The van der Waals surface area contributed by atoms with Crippen LogP contribution in [0.15, 0.2) is 24.3 Å². The molecule has 1 aromatic carbocycles. The number of amides is 2. The van der Waals surface area contributed by atoms with Gasteiger partial charge >= 0.3 is 6.09 Å². The first-order chi connectivity index (χ1) is 13.0. The Hall–Kier alpha value is -1.79. The van der Waals surface area contributed by atoms with E-state index in [0.717, 1.165) is 12.0 Å². The number of carbonyl (C=O) groups excluding carboxylic acids is 1. The first kappa shape index (κ1) is 20.0. The summed E-state index contributed by atoms with van der Waals surface area (Å²) in [4.78, 5) is 25.9. The molecule has 1 aliphatic heterocycles. The SMILES string of the molecule is O=C(O)NC(Cc1ccc(Cl)cc1)C(=O)N1CCC(NC2CCCCC2)C1. The summed E-state index contributed by atoms with van der Waals surface area (Å²) < 4.78 is 0. The standard InChI is InChI=1S/C20H28ClN3O3/c21-15-8-6-14(7-9-15)12-18(23-20(26)27)19(25)24-11-10-17(13-24)22-16-4-2-1-3-5-16/h6-9,16-18,22-23H,1-5,10-13H2,(H,26,27). The van der Waals surface area contributed by atoms with Crippen molar-refractivity contribution < 1.29 is 14.7 Å². The minimum atomic E-state index is -1.18. The quantitative estimate of drug-likeness (QED) is 0.693. The van der Waals surface area contributed by atoms with Gasteiger partial charge in [-0.15, -0.1) is 0 Å². The molecule has 148 valence electrons. The van der Waals surface area contributed by atoms with Gasteiger partial charge in [0.25, 0.3) is 0 Å². The van der Waals surface area contributed by atoms with Gasteiger partial charge in [-0.1, -0.05) is 43.0 Å². The zero-order chi connectivity index (χ0) is 19.2. The molecule has 6 nitrogen and oxygen atoms in total. The Labute approximate surface area is 165 Å². The minimum Gasteiger partial charge on any atom is -0.465 e. The fourth-order valence-electron chi connectivity index (χ4n) is 4.12. The number of benzene rings is 1. The van der Waals surface area contributed by atoms with E-state index in [1.54, 1.807) is 17.0 Å². The number of halogens is 1. The van der Waals surface area contributed by atoms with Crippen molar-refractivity contribution >= 4 is 23.6 Å². The Morgan fingerprint density at radius 1 is 1.11 bits per heavy atom. The molecule has 2 amide bonds. The lowest BCUT2D eigenvalue weighted by Crippen LogP contribution is -2.50. The van der Waals surface area contributed by atoms with Crippen LogP contribution in [0.3, 0.4) is 0 Å². The molecule has 2 atom stereocenters. The summed E-state index contributed by atoms with van der Waals surface area (Å²) in [7, 11) is 0. The van der Waals surface area contributed by atoms with E-state index in [9.17, 15) is 9.59 Å². The van der Waals surface area contributed by atoms with Gasteiger partial charge in [-0.2, -0.15) is 0 Å². The predicted molar refractivity (Wildman–Crippen MR) is 105 cm³/mol. The molecule has 2 fully saturated rings. The van der Waals surface area contributed by atoms with Crippen LogP contribution in [0.1, 0.15) is 44.1 Å². The summed E-state index contributed by atoms with van der Waals surface area (Å²) in [5.74, 6) is -0.153. The topological polar surface area (TPSA) is 81.7 Å². The van der Waals surface area contributed by atoms with Crippen molar-refractivity contribution in [2.45, 2.75) is 63.1 Å². The normalized spacial score (nSPS) is 21.8. The molecule has 1 saturated heterocycles. The highest BCUT2D eigenvalue weighted by Crippen LogP contribution is 2.20. The third kappa shape index (κ3) is 5.84. The number of likely N-dealkylation sites (tertiary alicyclic amines) is 1. The van der Waals surface area contributed by atoms with Crippen LogP contribution in [0.5, 0.6) is 0 Å². The van der Waals surface area contributed by atoms with Crippen LogP contribution < -0.4 is 10.6 Å². The maximum atomic E-state index is 12.9. The van der Waals surface area contributed by atoms with E-state index in [1.807, 2.05) is 12.1 Å². The minimum absolute atomic E-state index is 0.153. The van der Waals surface area contributed by atoms with Crippen molar-refractivity contribution in [1.29, 1.82) is 0 Å². The van der Waals surface area contributed by atoms with Crippen LogP contribution >= 0.6 is 11.6 Å². The van der Waals surface area contributed by atoms with Crippen molar-refractivity contribution in [2.75, 3.05) is 13.1 Å². The third-order valence-corrected chi connectivity index (χ3v) is 5.78. The molecule has 27 heavy (non-hydrogen) atoms. The summed E-state index contributed by atoms with van der Waals surface area (Å²) in [5.41, 5.74) is 0.877. The van der Waals surface area contributed by atoms with Crippen LogP contribution in [0.25, 0.3) is 0 Å². The Morgan fingerprint density at radius 2 is 1.81 bits per heavy atom. The molecule has 3 rings (SSSR count). The first-order valence-corrected chi connectivity index (χ1v) is 10.2. The van der Waals surface area contributed by atoms with Crippen molar-refractivity contribution in [3.63, 3.8) is 0 Å². The summed E-state index contributed by atoms with van der Waals surface area (Å²) in [5, 5.41) is 15.8. The predicted octanol–water partition coefficient (Wildman–Crippen LogP) is 3.04. The molecule has 0 aromatic heterocycles. The molecule has 3 N–H and O–H groups in total. The maximum Gasteiger partial charge on any atom is 0.405 e. The van der Waals surface area contributed by atoms with Gasteiger partial charge in [0.05, 0.1) is 0 Å². The molecular formula is C20H28ClN3O3. The van der Waals surface area contributed by atoms with Crippen molar-refractivity contribution in [3.05, 3.63) is 34.9 Å². The number of carbonyl (C=O) groups is 2. The average molecular weight is 394 g/mol. The largest absolute Gasteiger partial charge is 0.465 e. The van der Waals surface area contributed by atoms with Crippen LogP contribution in [-0.2, 0) is 11.2 Å². The Balaban J connectivity index is 1.58. The fourth-order valence-corrected chi connectivity index (χ4v) is 4.25. The van der Waals surface area contributed by atoms with E-state index in [0.29, 0.717) is 36.6 Å². The summed E-state index contributed by atoms with van der Waals surface area (Å²) in [6.45, 7) is 1.31. The first-order valence-electron chi connectivity index (χ1n) is 9.80. The van der Waals surface area contributed by atoms with E-state index in [1.165, 1.54) is 32.1 Å². The molecule has 1 aromatic rings. The Bertz CT molecular complexity index is 646. The fraction of sp³-hybridized carbons (Fsp3) is 0.600. The molecule has 2 unspecified atom stereocenters. The van der Waals surface area contributed by atoms with Gasteiger partial charge in [0.2, 0.25) is 5.91 Å². The highest BCUT2D eigenvalue weighted by Gasteiger charge is 2.32. The number of nitrogens with one attached hydrogen (secondary N) is 2. The van der Waals surface area contributed by atoms with Crippen LogP contribution in [0.4, 0.5) is 4.79 Å². The highest BCUT2D eigenvalue weighted by atomic mass is 35.5. The summed E-state index contributed by atoms with van der Waals surface area (Å²) >= 11 is 5.90. The second kappa shape index (κ2) is 9.42. The number of hydrogen-bond acceptors (Lipinski definition) is 3. The van der Waals surface area contributed by atoms with Crippen LogP contribution in [0.2, 0.25) is 5.02 Å². The van der Waals surface area contributed by atoms with E-state index >= 15 is 0 Å². The maximum absolute atomic E-state index is 12.9. The highest BCUT2D eigenvalue weighted by molar-refractivity contribution is 6.30. The lowest BCUT2D eigenvalue weighted by Gasteiger charge is -2.27. The monoisotopic (exact) mass is 393 g/mol. The average Bonchev–Trinajstić information content (AvgIpc) is 3.11. The number of hydrogen-bond donors (Lipinski definition) is 3. The molecule has 0 spiro atoms. The van der Waals surface area contributed by atoms with Gasteiger partial charge in [0.1, 0.15) is 6.04 Å². The summed E-state index contributed by atoms with van der Waals surface area (Å²) in [6.07, 6.45) is 6.35. The van der Waals surface area contributed by atoms with Crippen LogP contribution in [0, 0.1) is 0 Å². The zero-order valence-corrected chi connectivity index (χ0v) is 16.3. The van der Waals surface area contributed by atoms with Gasteiger partial charge < -0.3 is 20.6 Å². The molecule has 1 saturated carbocycles. The molecule has 1 heterocycles. The van der Waals surface area contributed by atoms with E-state index in [2.05, 4.69) is 10.6 Å². The molecule has 2 aliphatic rings. The van der Waals surface area contributed by atoms with Gasteiger partial charge in [0, 0.05) is 36.6 Å². The van der Waals surface area contributed by atoms with Gasteiger partial charge in [0.15, 0.2) is 0 Å². The van der Waals surface area contributed by atoms with Crippen molar-refractivity contribution in [3.8, 4) is 0 Å². The third-order valence-electron chi connectivity index (χ3n) is 5.53. The summed E-state index contributed by atoms with van der Waals surface area (Å²) in [6, 6.07) is 7.22. The van der Waals surface area contributed by atoms with Gasteiger partial charge in [-0.25, -0.2) is 4.79 Å².